The second-order valence-electron chi connectivity index (χ2n) is 7.61. The van der Waals surface area contributed by atoms with Crippen molar-refractivity contribution in [3.8, 4) is 0 Å². The molecular weight excluding hydrogens is 316 g/mol. The van der Waals surface area contributed by atoms with E-state index in [9.17, 15) is 14.7 Å². The molecule has 0 unspecified atom stereocenters. The van der Waals surface area contributed by atoms with Gasteiger partial charge in [0.15, 0.2) is 0 Å². The predicted molar refractivity (Wildman–Crippen MR) is 100 cm³/mol. The van der Waals surface area contributed by atoms with Gasteiger partial charge in [-0.05, 0) is 46.1 Å². The van der Waals surface area contributed by atoms with E-state index in [1.54, 1.807) is 27.7 Å². The average Bonchev–Trinajstić information content (AvgIpc) is 2.50. The summed E-state index contributed by atoms with van der Waals surface area (Å²) in [4.78, 5) is 24.6. The Hall–Kier alpha value is -2.10. The Morgan fingerprint density at radius 3 is 2.24 bits per heavy atom. The zero-order chi connectivity index (χ0) is 19.1. The largest absolute Gasteiger partial charge is 0.481 e. The van der Waals surface area contributed by atoms with E-state index >= 15 is 0 Å². The van der Waals surface area contributed by atoms with Crippen LogP contribution in [0, 0.1) is 11.3 Å². The number of hydrogen-bond acceptors (Lipinski definition) is 3. The predicted octanol–water partition coefficient (Wildman–Crippen LogP) is 4.94. The molecule has 0 spiro atoms. The Balaban J connectivity index is 3.07. The van der Waals surface area contributed by atoms with Crippen molar-refractivity contribution >= 4 is 18.0 Å². The number of carbonyl (C=O) groups is 2. The van der Waals surface area contributed by atoms with Gasteiger partial charge < -0.3 is 9.84 Å². The number of carboxylic acid groups (broad SMARTS) is 1. The SMILES string of the molecule is CCC[C@@](C)(C(=O)O)[C@H](C/C=C/c1ccccc1)C(=O)OC(C)(C)C. The van der Waals surface area contributed by atoms with Crippen LogP contribution in [0.3, 0.4) is 0 Å². The van der Waals surface area contributed by atoms with E-state index < -0.39 is 28.9 Å². The third-order valence-electron chi connectivity index (χ3n) is 4.20. The molecule has 0 fully saturated rings. The van der Waals surface area contributed by atoms with Gasteiger partial charge in [0.05, 0.1) is 11.3 Å². The van der Waals surface area contributed by atoms with Crippen LogP contribution in [0.25, 0.3) is 6.08 Å². The maximum atomic E-state index is 12.7. The summed E-state index contributed by atoms with van der Waals surface area (Å²) in [6, 6.07) is 9.72. The number of benzene rings is 1. The third-order valence-corrected chi connectivity index (χ3v) is 4.20. The van der Waals surface area contributed by atoms with Crippen LogP contribution in [0.5, 0.6) is 0 Å². The van der Waals surface area contributed by atoms with E-state index in [0.717, 1.165) is 5.56 Å². The minimum absolute atomic E-state index is 0.326. The van der Waals surface area contributed by atoms with Crippen molar-refractivity contribution in [3.63, 3.8) is 0 Å². The van der Waals surface area contributed by atoms with Gasteiger partial charge in [-0.15, -0.1) is 0 Å². The molecule has 4 heteroatoms. The number of allylic oxidation sites excluding steroid dienone is 1. The molecule has 138 valence electrons. The van der Waals surface area contributed by atoms with Crippen molar-refractivity contribution in [1.82, 2.24) is 0 Å². The fourth-order valence-corrected chi connectivity index (χ4v) is 2.84. The van der Waals surface area contributed by atoms with Crippen LogP contribution in [0.15, 0.2) is 36.4 Å². The van der Waals surface area contributed by atoms with Crippen LogP contribution in [0.1, 0.15) is 59.4 Å². The first-order valence-electron chi connectivity index (χ1n) is 8.78. The molecule has 25 heavy (non-hydrogen) atoms. The fourth-order valence-electron chi connectivity index (χ4n) is 2.84. The highest BCUT2D eigenvalue weighted by molar-refractivity contribution is 5.84. The Morgan fingerprint density at radius 1 is 1.16 bits per heavy atom. The lowest BCUT2D eigenvalue weighted by atomic mass is 9.72. The summed E-state index contributed by atoms with van der Waals surface area (Å²) < 4.78 is 5.51. The first kappa shape index (κ1) is 20.9. The van der Waals surface area contributed by atoms with Gasteiger partial charge in [-0.1, -0.05) is 55.8 Å². The smallest absolute Gasteiger partial charge is 0.310 e. The van der Waals surface area contributed by atoms with Crippen LogP contribution in [0.4, 0.5) is 0 Å². The molecular formula is C21H30O4. The summed E-state index contributed by atoms with van der Waals surface area (Å²) in [6.45, 7) is 8.94. The molecule has 0 bridgehead atoms. The van der Waals surface area contributed by atoms with E-state index in [4.69, 9.17) is 4.74 Å². The van der Waals surface area contributed by atoms with E-state index in [1.807, 2.05) is 49.4 Å². The van der Waals surface area contributed by atoms with E-state index in [1.165, 1.54) is 0 Å². The van der Waals surface area contributed by atoms with Crippen molar-refractivity contribution < 1.29 is 19.4 Å². The van der Waals surface area contributed by atoms with Crippen molar-refractivity contribution in [3.05, 3.63) is 42.0 Å². The summed E-state index contributed by atoms with van der Waals surface area (Å²) in [5.74, 6) is -2.15. The molecule has 1 rings (SSSR count). The van der Waals surface area contributed by atoms with Crippen LogP contribution in [-0.2, 0) is 14.3 Å². The molecule has 0 saturated carbocycles. The lowest BCUT2D eigenvalue weighted by Gasteiger charge is -2.33. The van der Waals surface area contributed by atoms with E-state index in [2.05, 4.69) is 0 Å². The van der Waals surface area contributed by atoms with Gasteiger partial charge in [-0.25, -0.2) is 0 Å². The lowest BCUT2D eigenvalue weighted by Crippen LogP contribution is -2.42. The second-order valence-corrected chi connectivity index (χ2v) is 7.61. The number of carboxylic acids is 1. The number of esters is 1. The maximum absolute atomic E-state index is 12.7. The minimum Gasteiger partial charge on any atom is -0.481 e. The number of rotatable bonds is 8. The molecule has 0 aliphatic heterocycles. The number of hydrogen-bond donors (Lipinski definition) is 1. The number of ether oxygens (including phenoxy) is 1. The quantitative estimate of drug-likeness (QED) is 0.677. The van der Waals surface area contributed by atoms with E-state index in [0.29, 0.717) is 19.3 Å². The molecule has 0 aliphatic rings. The molecule has 0 amide bonds. The van der Waals surface area contributed by atoms with Crippen molar-refractivity contribution in [2.45, 2.75) is 59.5 Å². The van der Waals surface area contributed by atoms with Gasteiger partial charge in [0.25, 0.3) is 0 Å². The fraction of sp³-hybridized carbons (Fsp3) is 0.524. The van der Waals surface area contributed by atoms with Gasteiger partial charge in [-0.2, -0.15) is 0 Å². The summed E-state index contributed by atoms with van der Waals surface area (Å²) in [6.07, 6.45) is 5.20. The van der Waals surface area contributed by atoms with Crippen molar-refractivity contribution in [2.75, 3.05) is 0 Å². The standard InChI is InChI=1S/C21H30O4/c1-6-15-21(5,19(23)24)17(18(22)25-20(2,3)4)14-10-13-16-11-8-7-9-12-16/h7-13,17H,6,14-15H2,1-5H3,(H,23,24)/b13-10+/t17-,21-/m1/s1. The number of aliphatic carboxylic acids is 1. The molecule has 0 radical (unpaired) electrons. The first-order chi connectivity index (χ1) is 11.6. The topological polar surface area (TPSA) is 63.6 Å². The Labute approximate surface area is 150 Å². The maximum Gasteiger partial charge on any atom is 0.310 e. The monoisotopic (exact) mass is 346 g/mol. The van der Waals surface area contributed by atoms with Crippen LogP contribution in [0.2, 0.25) is 0 Å². The summed E-state index contributed by atoms with van der Waals surface area (Å²) in [5.41, 5.74) is -0.791. The molecule has 1 aromatic carbocycles. The number of carbonyl (C=O) groups excluding carboxylic acids is 1. The van der Waals surface area contributed by atoms with E-state index in [-0.39, 0.29) is 0 Å². The van der Waals surface area contributed by atoms with Gasteiger partial charge in [0.2, 0.25) is 0 Å². The van der Waals surface area contributed by atoms with Crippen LogP contribution < -0.4 is 0 Å². The normalized spacial score (nSPS) is 15.6. The summed E-state index contributed by atoms with van der Waals surface area (Å²) >= 11 is 0. The van der Waals surface area contributed by atoms with Crippen molar-refractivity contribution in [2.24, 2.45) is 11.3 Å². The molecule has 4 nitrogen and oxygen atoms in total. The average molecular weight is 346 g/mol. The molecule has 1 N–H and O–H groups in total. The molecule has 1 aromatic rings. The summed E-state index contributed by atoms with van der Waals surface area (Å²) in [7, 11) is 0. The summed E-state index contributed by atoms with van der Waals surface area (Å²) in [5, 5.41) is 9.77. The Bertz CT molecular complexity index is 598. The second kappa shape index (κ2) is 8.84. The molecule has 2 atom stereocenters. The lowest BCUT2D eigenvalue weighted by molar-refractivity contribution is -0.172. The minimum atomic E-state index is -1.15. The molecule has 0 saturated heterocycles. The van der Waals surface area contributed by atoms with Gasteiger partial charge in [0, 0.05) is 0 Å². The van der Waals surface area contributed by atoms with Crippen LogP contribution in [-0.4, -0.2) is 22.6 Å². The van der Waals surface area contributed by atoms with Gasteiger partial charge in [-0.3, -0.25) is 9.59 Å². The van der Waals surface area contributed by atoms with Gasteiger partial charge >= 0.3 is 11.9 Å². The van der Waals surface area contributed by atoms with Crippen molar-refractivity contribution in [1.29, 1.82) is 0 Å². The third kappa shape index (κ3) is 6.37. The Kier molecular flexibility index (Phi) is 7.40. The Morgan fingerprint density at radius 2 is 1.76 bits per heavy atom. The molecule has 0 heterocycles. The zero-order valence-electron chi connectivity index (χ0n) is 15.9. The zero-order valence-corrected chi connectivity index (χ0v) is 15.9. The molecule has 0 aliphatic carbocycles. The highest BCUT2D eigenvalue weighted by Crippen LogP contribution is 2.37. The van der Waals surface area contributed by atoms with Crippen LogP contribution >= 0.6 is 0 Å². The first-order valence-corrected chi connectivity index (χ1v) is 8.78. The molecule has 0 aromatic heterocycles. The van der Waals surface area contributed by atoms with Gasteiger partial charge in [0.1, 0.15) is 5.60 Å². The highest BCUT2D eigenvalue weighted by Gasteiger charge is 2.45. The highest BCUT2D eigenvalue weighted by atomic mass is 16.6.